The lowest BCUT2D eigenvalue weighted by Gasteiger charge is -2.15. The van der Waals surface area contributed by atoms with Gasteiger partial charge in [0.05, 0.1) is 0 Å². The first-order valence-corrected chi connectivity index (χ1v) is 7.49. The monoisotopic (exact) mass is 313 g/mol. The van der Waals surface area contributed by atoms with Crippen LogP contribution in [0, 0.1) is 5.92 Å². The molecule has 0 fully saturated rings. The fourth-order valence-electron chi connectivity index (χ4n) is 1.72. The molecule has 0 saturated carbocycles. The Morgan fingerprint density at radius 1 is 1.22 bits per heavy atom. The van der Waals surface area contributed by atoms with Crippen LogP contribution in [-0.2, 0) is 0 Å². The van der Waals surface area contributed by atoms with Crippen molar-refractivity contribution in [3.63, 3.8) is 0 Å². The van der Waals surface area contributed by atoms with Gasteiger partial charge in [0.1, 0.15) is 12.4 Å². The minimum atomic E-state index is 0.568. The minimum Gasteiger partial charge on any atom is -0.492 e. The van der Waals surface area contributed by atoms with E-state index in [4.69, 9.17) is 4.74 Å². The maximum absolute atomic E-state index is 5.67. The summed E-state index contributed by atoms with van der Waals surface area (Å²) in [7, 11) is 0. The van der Waals surface area contributed by atoms with Crippen molar-refractivity contribution in [3.8, 4) is 5.75 Å². The van der Waals surface area contributed by atoms with Crippen LogP contribution < -0.4 is 10.1 Å². The van der Waals surface area contributed by atoms with Crippen molar-refractivity contribution < 1.29 is 4.74 Å². The van der Waals surface area contributed by atoms with Crippen LogP contribution >= 0.6 is 15.9 Å². The first-order chi connectivity index (χ1) is 8.58. The van der Waals surface area contributed by atoms with Gasteiger partial charge < -0.3 is 10.1 Å². The van der Waals surface area contributed by atoms with Crippen LogP contribution in [0.15, 0.2) is 28.7 Å². The third kappa shape index (κ3) is 7.02. The molecule has 0 saturated heterocycles. The van der Waals surface area contributed by atoms with E-state index in [2.05, 4.69) is 42.0 Å². The Balaban J connectivity index is 2.11. The molecule has 0 radical (unpaired) electrons. The summed E-state index contributed by atoms with van der Waals surface area (Å²) in [6, 6.07) is 8.52. The average Bonchev–Trinajstić information content (AvgIpc) is 2.32. The second kappa shape index (κ2) is 8.54. The molecule has 0 aromatic heterocycles. The molecule has 0 aliphatic carbocycles. The highest BCUT2D eigenvalue weighted by atomic mass is 79.9. The van der Waals surface area contributed by atoms with Gasteiger partial charge in [-0.25, -0.2) is 0 Å². The summed E-state index contributed by atoms with van der Waals surface area (Å²) in [6.45, 7) is 8.38. The molecule has 3 heteroatoms. The highest BCUT2D eigenvalue weighted by Crippen LogP contribution is 2.17. The van der Waals surface area contributed by atoms with Gasteiger partial charge in [0.15, 0.2) is 0 Å². The molecule has 1 aromatic carbocycles. The summed E-state index contributed by atoms with van der Waals surface area (Å²) in [5.41, 5.74) is 0. The molecule has 2 nitrogen and oxygen atoms in total. The van der Waals surface area contributed by atoms with Crippen LogP contribution in [-0.4, -0.2) is 19.2 Å². The standard InChI is InChI=1S/C15H24BrNO/c1-12(2)7-8-13(3)17-9-10-18-15-6-4-5-14(16)11-15/h4-6,11-13,17H,7-10H2,1-3H3. The Kier molecular flexibility index (Phi) is 7.36. The number of nitrogens with one attached hydrogen (secondary N) is 1. The number of benzene rings is 1. The third-order valence-corrected chi connectivity index (χ3v) is 3.33. The number of ether oxygens (including phenoxy) is 1. The quantitative estimate of drug-likeness (QED) is 0.725. The number of halogens is 1. The molecule has 0 heterocycles. The zero-order chi connectivity index (χ0) is 13.4. The van der Waals surface area contributed by atoms with Gasteiger partial charge in [0.25, 0.3) is 0 Å². The van der Waals surface area contributed by atoms with Crippen LogP contribution in [0.2, 0.25) is 0 Å². The van der Waals surface area contributed by atoms with Gasteiger partial charge in [-0.1, -0.05) is 35.8 Å². The molecule has 0 amide bonds. The van der Waals surface area contributed by atoms with Gasteiger partial charge in [-0.2, -0.15) is 0 Å². The molecule has 0 spiro atoms. The molecule has 1 rings (SSSR count). The van der Waals surface area contributed by atoms with Crippen molar-refractivity contribution in [2.45, 2.75) is 39.7 Å². The zero-order valence-electron chi connectivity index (χ0n) is 11.6. The van der Waals surface area contributed by atoms with Crippen molar-refractivity contribution >= 4 is 15.9 Å². The zero-order valence-corrected chi connectivity index (χ0v) is 13.2. The normalized spacial score (nSPS) is 12.7. The summed E-state index contributed by atoms with van der Waals surface area (Å²) in [5.74, 6) is 1.70. The molecular weight excluding hydrogens is 290 g/mol. The molecule has 102 valence electrons. The summed E-state index contributed by atoms with van der Waals surface area (Å²) >= 11 is 3.43. The molecule has 1 unspecified atom stereocenters. The van der Waals surface area contributed by atoms with Gasteiger partial charge in [-0.05, 0) is 43.9 Å². The van der Waals surface area contributed by atoms with E-state index >= 15 is 0 Å². The van der Waals surface area contributed by atoms with E-state index in [0.717, 1.165) is 22.7 Å². The van der Waals surface area contributed by atoms with Crippen LogP contribution in [0.5, 0.6) is 5.75 Å². The van der Waals surface area contributed by atoms with Crippen LogP contribution in [0.1, 0.15) is 33.6 Å². The van der Waals surface area contributed by atoms with Crippen molar-refractivity contribution in [3.05, 3.63) is 28.7 Å². The summed E-state index contributed by atoms with van der Waals surface area (Å²) < 4.78 is 6.72. The predicted molar refractivity (Wildman–Crippen MR) is 81.2 cm³/mol. The van der Waals surface area contributed by atoms with Gasteiger partial charge in [-0.3, -0.25) is 0 Å². The summed E-state index contributed by atoms with van der Waals surface area (Å²) in [6.07, 6.45) is 2.51. The lowest BCUT2D eigenvalue weighted by molar-refractivity contribution is 0.302. The van der Waals surface area contributed by atoms with Gasteiger partial charge in [0, 0.05) is 17.1 Å². The van der Waals surface area contributed by atoms with E-state index in [9.17, 15) is 0 Å². The molecule has 18 heavy (non-hydrogen) atoms. The van der Waals surface area contributed by atoms with Crippen LogP contribution in [0.25, 0.3) is 0 Å². The Bertz CT molecular complexity index is 341. The first-order valence-electron chi connectivity index (χ1n) is 6.69. The summed E-state index contributed by atoms with van der Waals surface area (Å²) in [4.78, 5) is 0. The Morgan fingerprint density at radius 2 is 2.00 bits per heavy atom. The molecule has 0 bridgehead atoms. The maximum Gasteiger partial charge on any atom is 0.120 e. The molecule has 0 aliphatic rings. The maximum atomic E-state index is 5.67. The largest absolute Gasteiger partial charge is 0.492 e. The Hall–Kier alpha value is -0.540. The van der Waals surface area contributed by atoms with E-state index in [1.807, 2.05) is 24.3 Å². The Morgan fingerprint density at radius 3 is 2.67 bits per heavy atom. The summed E-state index contributed by atoms with van der Waals surface area (Å²) in [5, 5.41) is 3.49. The Labute approximate surface area is 119 Å². The van der Waals surface area contributed by atoms with Crippen LogP contribution in [0.3, 0.4) is 0 Å². The van der Waals surface area contributed by atoms with Crippen LogP contribution in [0.4, 0.5) is 0 Å². The van der Waals surface area contributed by atoms with Gasteiger partial charge >= 0.3 is 0 Å². The van der Waals surface area contributed by atoms with Gasteiger partial charge in [0.2, 0.25) is 0 Å². The fraction of sp³-hybridized carbons (Fsp3) is 0.600. The van der Waals surface area contributed by atoms with E-state index in [1.54, 1.807) is 0 Å². The van der Waals surface area contributed by atoms with E-state index in [-0.39, 0.29) is 0 Å². The first kappa shape index (κ1) is 15.5. The lowest BCUT2D eigenvalue weighted by Crippen LogP contribution is -2.30. The lowest BCUT2D eigenvalue weighted by atomic mass is 10.0. The van der Waals surface area contributed by atoms with Crippen molar-refractivity contribution in [2.75, 3.05) is 13.2 Å². The molecule has 1 N–H and O–H groups in total. The SMILES string of the molecule is CC(C)CCC(C)NCCOc1cccc(Br)c1. The highest BCUT2D eigenvalue weighted by molar-refractivity contribution is 9.10. The smallest absolute Gasteiger partial charge is 0.120 e. The van der Waals surface area contributed by atoms with Crippen molar-refractivity contribution in [2.24, 2.45) is 5.92 Å². The topological polar surface area (TPSA) is 21.3 Å². The van der Waals surface area contributed by atoms with Crippen molar-refractivity contribution in [1.82, 2.24) is 5.32 Å². The predicted octanol–water partition coefficient (Wildman–Crippen LogP) is 4.24. The minimum absolute atomic E-state index is 0.568. The number of hydrogen-bond donors (Lipinski definition) is 1. The second-order valence-corrected chi connectivity index (χ2v) is 6.05. The molecule has 1 aromatic rings. The molecule has 1 atom stereocenters. The number of rotatable bonds is 8. The molecule has 0 aliphatic heterocycles. The molecular formula is C15H24BrNO. The van der Waals surface area contributed by atoms with E-state index in [1.165, 1.54) is 12.8 Å². The fourth-order valence-corrected chi connectivity index (χ4v) is 2.09. The highest BCUT2D eigenvalue weighted by Gasteiger charge is 2.02. The van der Waals surface area contributed by atoms with E-state index in [0.29, 0.717) is 12.6 Å². The second-order valence-electron chi connectivity index (χ2n) is 5.13. The third-order valence-electron chi connectivity index (χ3n) is 2.84. The van der Waals surface area contributed by atoms with Gasteiger partial charge in [-0.15, -0.1) is 0 Å². The van der Waals surface area contributed by atoms with E-state index < -0.39 is 0 Å². The average molecular weight is 314 g/mol. The number of hydrogen-bond acceptors (Lipinski definition) is 2. The van der Waals surface area contributed by atoms with Crippen molar-refractivity contribution in [1.29, 1.82) is 0 Å².